The van der Waals surface area contributed by atoms with Crippen LogP contribution in [0.2, 0.25) is 0 Å². The lowest BCUT2D eigenvalue weighted by molar-refractivity contribution is -0.140. The predicted molar refractivity (Wildman–Crippen MR) is 184 cm³/mol. The van der Waals surface area contributed by atoms with Gasteiger partial charge in [-0.3, -0.25) is 9.59 Å². The minimum atomic E-state index is -1.03. The summed E-state index contributed by atoms with van der Waals surface area (Å²) in [6.07, 6.45) is 3.86. The number of unbranched alkanes of at least 4 members (excludes halogenated alkanes) is 3. The van der Waals surface area contributed by atoms with Crippen molar-refractivity contribution in [1.82, 2.24) is 10.2 Å². The number of alkyl carbamates (subject to hydrolysis) is 1. The zero-order chi connectivity index (χ0) is 33.9. The smallest absolute Gasteiger partial charge is 0.408 e. The molecule has 0 saturated carbocycles. The number of aromatic hydroxyl groups is 1. The summed E-state index contributed by atoms with van der Waals surface area (Å²) in [6, 6.07) is 18.2. The molecule has 2 atom stereocenters. The van der Waals surface area contributed by atoms with Crippen LogP contribution in [0.5, 0.6) is 5.75 Å². The van der Waals surface area contributed by atoms with Crippen LogP contribution < -0.4 is 10.6 Å². The average Bonchev–Trinajstić information content (AvgIpc) is 3.00. The number of phenolic OH excluding ortho intramolecular Hbond substituents is 1. The fraction of sp³-hybridized carbons (Fsp3) is 0.447. The van der Waals surface area contributed by atoms with Gasteiger partial charge in [-0.05, 0) is 87.4 Å². The van der Waals surface area contributed by atoms with Crippen molar-refractivity contribution >= 4 is 23.6 Å². The number of rotatable bonds is 14. The lowest BCUT2D eigenvalue weighted by Crippen LogP contribution is -2.53. The first-order valence-electron chi connectivity index (χ1n) is 16.4. The molecule has 8 nitrogen and oxygen atoms in total. The molecule has 3 aromatic rings. The van der Waals surface area contributed by atoms with E-state index < -0.39 is 29.7 Å². The Morgan fingerprint density at radius 3 is 2.02 bits per heavy atom. The Hall–Kier alpha value is -4.33. The molecule has 0 spiro atoms. The third kappa shape index (κ3) is 10.6. The van der Waals surface area contributed by atoms with Gasteiger partial charge in [0.15, 0.2) is 0 Å². The van der Waals surface area contributed by atoms with Crippen LogP contribution in [-0.2, 0) is 27.2 Å². The second kappa shape index (κ2) is 16.8. The Balaban J connectivity index is 2.11. The second-order valence-electron chi connectivity index (χ2n) is 12.9. The molecule has 3 N–H and O–H groups in total. The van der Waals surface area contributed by atoms with Crippen molar-refractivity contribution in [2.24, 2.45) is 0 Å². The zero-order valence-corrected chi connectivity index (χ0v) is 28.5. The predicted octanol–water partition coefficient (Wildman–Crippen LogP) is 7.80. The Morgan fingerprint density at radius 2 is 1.46 bits per heavy atom. The van der Waals surface area contributed by atoms with Crippen LogP contribution in [0.3, 0.4) is 0 Å². The fourth-order valence-corrected chi connectivity index (χ4v) is 5.40. The summed E-state index contributed by atoms with van der Waals surface area (Å²) >= 11 is 0. The minimum Gasteiger partial charge on any atom is -0.508 e. The molecular weight excluding hydrogens is 578 g/mol. The maximum Gasteiger partial charge on any atom is 0.408 e. The van der Waals surface area contributed by atoms with E-state index in [1.54, 1.807) is 49.9 Å². The van der Waals surface area contributed by atoms with Gasteiger partial charge in [-0.25, -0.2) is 4.79 Å². The summed E-state index contributed by atoms with van der Waals surface area (Å²) in [5.74, 6) is -0.620. The van der Waals surface area contributed by atoms with Crippen LogP contribution >= 0.6 is 0 Å². The molecule has 3 amide bonds. The van der Waals surface area contributed by atoms with Gasteiger partial charge in [-0.15, -0.1) is 0 Å². The van der Waals surface area contributed by atoms with E-state index in [1.807, 2.05) is 56.3 Å². The normalized spacial score (nSPS) is 12.6. The molecule has 2 unspecified atom stereocenters. The molecule has 0 bridgehead atoms. The number of hydrogen-bond acceptors (Lipinski definition) is 5. The Morgan fingerprint density at radius 1 is 0.848 bits per heavy atom. The van der Waals surface area contributed by atoms with E-state index in [0.29, 0.717) is 24.2 Å². The number of nitrogens with one attached hydrogen (secondary N) is 2. The molecule has 248 valence electrons. The van der Waals surface area contributed by atoms with Gasteiger partial charge in [0, 0.05) is 18.7 Å². The molecule has 46 heavy (non-hydrogen) atoms. The van der Waals surface area contributed by atoms with E-state index in [-0.39, 0.29) is 18.1 Å². The van der Waals surface area contributed by atoms with E-state index in [0.717, 1.165) is 47.9 Å². The largest absolute Gasteiger partial charge is 0.508 e. The molecule has 8 heteroatoms. The van der Waals surface area contributed by atoms with Gasteiger partial charge in [-0.2, -0.15) is 0 Å². The number of hydrogen-bond donors (Lipinski definition) is 3. The highest BCUT2D eigenvalue weighted by molar-refractivity contribution is 6.00. The summed E-state index contributed by atoms with van der Waals surface area (Å²) in [5.41, 5.74) is 4.33. The molecule has 3 rings (SSSR count). The summed E-state index contributed by atoms with van der Waals surface area (Å²) in [4.78, 5) is 43.8. The van der Waals surface area contributed by atoms with Gasteiger partial charge >= 0.3 is 6.09 Å². The lowest BCUT2D eigenvalue weighted by Gasteiger charge is -2.35. The van der Waals surface area contributed by atoms with Gasteiger partial charge in [0.2, 0.25) is 5.91 Å². The van der Waals surface area contributed by atoms with Gasteiger partial charge in [0.25, 0.3) is 5.91 Å². The van der Waals surface area contributed by atoms with Crippen molar-refractivity contribution in [3.63, 3.8) is 0 Å². The third-order valence-electron chi connectivity index (χ3n) is 7.89. The summed E-state index contributed by atoms with van der Waals surface area (Å²) < 4.78 is 5.55. The highest BCUT2D eigenvalue weighted by Crippen LogP contribution is 2.28. The van der Waals surface area contributed by atoms with Crippen molar-refractivity contribution in [3.05, 3.63) is 94.5 Å². The summed E-state index contributed by atoms with van der Waals surface area (Å²) in [7, 11) is 0. The number of amides is 3. The van der Waals surface area contributed by atoms with Gasteiger partial charge in [0.1, 0.15) is 23.4 Å². The number of nitrogens with zero attached hydrogens (tertiary/aromatic N) is 1. The van der Waals surface area contributed by atoms with Crippen LogP contribution in [-0.4, -0.2) is 46.1 Å². The number of carbonyl (C=O) groups excluding carboxylic acids is 3. The first kappa shape index (κ1) is 36.1. The van der Waals surface area contributed by atoms with E-state index >= 15 is 0 Å². The van der Waals surface area contributed by atoms with Crippen molar-refractivity contribution in [2.75, 3.05) is 11.9 Å². The highest BCUT2D eigenvalue weighted by Gasteiger charge is 2.36. The number of benzene rings is 3. The molecule has 0 aromatic heterocycles. The van der Waals surface area contributed by atoms with Crippen molar-refractivity contribution in [3.8, 4) is 5.75 Å². The topological polar surface area (TPSA) is 108 Å². The monoisotopic (exact) mass is 629 g/mol. The van der Waals surface area contributed by atoms with Crippen LogP contribution in [0.1, 0.15) is 94.2 Å². The van der Waals surface area contributed by atoms with Crippen LogP contribution in [0, 0.1) is 13.8 Å². The summed E-state index contributed by atoms with van der Waals surface area (Å²) in [5, 5.41) is 15.8. The van der Waals surface area contributed by atoms with Crippen molar-refractivity contribution < 1.29 is 24.2 Å². The number of para-hydroxylation sites is 1. The van der Waals surface area contributed by atoms with Crippen molar-refractivity contribution in [1.29, 1.82) is 0 Å². The molecule has 0 aliphatic rings. The number of phenols is 1. The van der Waals surface area contributed by atoms with Crippen LogP contribution in [0.15, 0.2) is 66.7 Å². The number of aryl methyl sites for hydroxylation is 3. The van der Waals surface area contributed by atoms with E-state index in [1.165, 1.54) is 0 Å². The molecule has 0 fully saturated rings. The van der Waals surface area contributed by atoms with E-state index in [2.05, 4.69) is 24.5 Å². The molecule has 3 aromatic carbocycles. The van der Waals surface area contributed by atoms with Gasteiger partial charge in [0.05, 0.1) is 0 Å². The standard InChI is InChI=1S/C38H51N3O5/c1-8-10-11-12-24-41(36(44)32(39-37(45)46-38(5,6)7)25-29-18-22-31(42)23-19-29)34(30-20-16-28(9-2)17-21-30)35(43)40-33-26(3)14-13-15-27(33)4/h13-23,32,34,42H,8-12,24-25H2,1-7H3,(H,39,45)(H,40,43). The maximum atomic E-state index is 14.7. The number of anilines is 1. The minimum absolute atomic E-state index is 0.100. The fourth-order valence-electron chi connectivity index (χ4n) is 5.40. The van der Waals surface area contributed by atoms with Crippen LogP contribution in [0.4, 0.5) is 10.5 Å². The van der Waals surface area contributed by atoms with Gasteiger partial charge in [-0.1, -0.05) is 87.7 Å². The molecular formula is C38H51N3O5. The molecule has 0 aliphatic heterocycles. The highest BCUT2D eigenvalue weighted by atomic mass is 16.6. The Labute approximate surface area is 274 Å². The quantitative estimate of drug-likeness (QED) is 0.158. The SMILES string of the molecule is CCCCCCN(C(=O)C(Cc1ccc(O)cc1)NC(=O)OC(C)(C)C)C(C(=O)Nc1c(C)cccc1C)c1ccc(CC)cc1. The van der Waals surface area contributed by atoms with Crippen LogP contribution in [0.25, 0.3) is 0 Å². The molecule has 0 aliphatic carbocycles. The first-order valence-corrected chi connectivity index (χ1v) is 16.4. The summed E-state index contributed by atoms with van der Waals surface area (Å²) in [6.45, 7) is 13.7. The molecule has 0 heterocycles. The molecule has 0 radical (unpaired) electrons. The number of carbonyl (C=O) groups is 3. The second-order valence-corrected chi connectivity index (χ2v) is 12.9. The first-order chi connectivity index (χ1) is 21.8. The van der Waals surface area contributed by atoms with E-state index in [4.69, 9.17) is 4.74 Å². The average molecular weight is 630 g/mol. The van der Waals surface area contributed by atoms with E-state index in [9.17, 15) is 19.5 Å². The zero-order valence-electron chi connectivity index (χ0n) is 28.5. The molecule has 0 saturated heterocycles. The Kier molecular flexibility index (Phi) is 13.2. The lowest BCUT2D eigenvalue weighted by atomic mass is 9.98. The third-order valence-corrected chi connectivity index (χ3v) is 7.89. The Bertz CT molecular complexity index is 1420. The maximum absolute atomic E-state index is 14.7. The van der Waals surface area contributed by atoms with Crippen molar-refractivity contribution in [2.45, 2.75) is 105 Å². The number of ether oxygens (including phenoxy) is 1. The van der Waals surface area contributed by atoms with Gasteiger partial charge < -0.3 is 25.4 Å².